The van der Waals surface area contributed by atoms with E-state index in [-0.39, 0.29) is 18.9 Å². The molecule has 3 saturated heterocycles. The average molecular weight is 1310 g/mol. The van der Waals surface area contributed by atoms with Crippen molar-refractivity contribution in [1.29, 1.82) is 0 Å². The molecule has 12 N–H and O–H groups in total. The first-order valence-corrected chi connectivity index (χ1v) is 36.5. The zero-order valence-corrected chi connectivity index (χ0v) is 56.8. The molecule has 19 nitrogen and oxygen atoms in total. The molecule has 0 bridgehead atoms. The lowest BCUT2D eigenvalue weighted by atomic mass is 9.96. The minimum Gasteiger partial charge on any atom is -0.394 e. The Balaban J connectivity index is 1.44. The Labute approximate surface area is 554 Å². The summed E-state index contributed by atoms with van der Waals surface area (Å²) in [5.74, 6) is -0.289. The molecule has 0 aromatic carbocycles. The number of ether oxygens (including phenoxy) is 6. The van der Waals surface area contributed by atoms with Gasteiger partial charge in [-0.2, -0.15) is 0 Å². The number of carbonyl (C=O) groups is 1. The van der Waals surface area contributed by atoms with E-state index < -0.39 is 124 Å². The predicted molar refractivity (Wildman–Crippen MR) is 360 cm³/mol. The largest absolute Gasteiger partial charge is 0.394 e. The number of rotatable bonds is 56. The molecule has 0 aromatic rings. The molecule has 3 rings (SSSR count). The van der Waals surface area contributed by atoms with E-state index in [0.717, 1.165) is 64.2 Å². The number of aliphatic hydroxyl groups excluding tert-OH is 11. The SMILES string of the molecule is CCCCCCC/C=C\C/C=C\C/C=C\CCCCCCCCCCCCC(=O)NC(COC1OC(CO)C(OC2OC(CO)C(OC3OC(CO)C(O)C(O)C3O)C(O)C2O)C(O)C1O)C(O)/C=C/CC/C=C/CCCCCCCCCCCCCCCCCC. The number of hydrogen-bond acceptors (Lipinski definition) is 18. The first kappa shape index (κ1) is 83.7. The van der Waals surface area contributed by atoms with E-state index in [1.807, 2.05) is 6.08 Å². The fraction of sp³-hybridized carbons (Fsp3) is 0.849. The second-order valence-corrected chi connectivity index (χ2v) is 26.0. The van der Waals surface area contributed by atoms with Gasteiger partial charge in [0.25, 0.3) is 0 Å². The van der Waals surface area contributed by atoms with Crippen LogP contribution in [0.1, 0.15) is 264 Å². The van der Waals surface area contributed by atoms with Crippen molar-refractivity contribution in [3.8, 4) is 0 Å². The standard InChI is InChI=1S/C73H131NO18/c1-3-5-7-9-11-13-15-17-19-21-23-25-27-28-29-31-33-35-37-39-41-43-45-47-49-51-61(79)74-56(57(78)50-48-46-44-42-40-38-36-34-32-30-26-24-22-20-18-16-14-12-10-8-6-4-2)55-87-71-67(85)64(82)69(59(53-76)89-71)92-73-68(86)65(83)70(60(54-77)90-73)91-72-66(84)63(81)62(80)58(52-75)88-72/h15,17,21,23,27-28,40,42,48,50,56-60,62-73,75-78,80-86H,3-14,16,18-20,22,24-26,29-39,41,43-47,49,51-55H2,1-2H3,(H,74,79)/b17-15-,23-21-,28-27-,42-40+,50-48+. The van der Waals surface area contributed by atoms with Crippen LogP contribution in [0.4, 0.5) is 0 Å². The number of unbranched alkanes of at least 4 members (excludes halogenated alkanes) is 32. The maximum atomic E-state index is 13.4. The summed E-state index contributed by atoms with van der Waals surface area (Å²) >= 11 is 0. The van der Waals surface area contributed by atoms with Gasteiger partial charge in [-0.15, -0.1) is 0 Å². The highest BCUT2D eigenvalue weighted by Gasteiger charge is 2.53. The van der Waals surface area contributed by atoms with Crippen molar-refractivity contribution in [2.75, 3.05) is 26.4 Å². The molecular weight excluding hydrogens is 1180 g/mol. The minimum atomic E-state index is -1.98. The van der Waals surface area contributed by atoms with Crippen LogP contribution in [0.2, 0.25) is 0 Å². The number of allylic oxidation sites excluding steroid dienone is 9. The van der Waals surface area contributed by atoms with Gasteiger partial charge in [0.2, 0.25) is 5.91 Å². The summed E-state index contributed by atoms with van der Waals surface area (Å²) in [5, 5.41) is 121. The highest BCUT2D eigenvalue weighted by atomic mass is 16.8. The number of carbonyl (C=O) groups excluding carboxylic acids is 1. The molecule has 19 heteroatoms. The van der Waals surface area contributed by atoms with Crippen LogP contribution in [0.15, 0.2) is 60.8 Å². The molecule has 3 heterocycles. The number of nitrogens with one attached hydrogen (secondary N) is 1. The Morgan fingerprint density at radius 1 is 0.391 bits per heavy atom. The minimum absolute atomic E-state index is 0.229. The summed E-state index contributed by atoms with van der Waals surface area (Å²) in [6, 6.07) is -0.996. The molecule has 536 valence electrons. The van der Waals surface area contributed by atoms with Gasteiger partial charge in [0.1, 0.15) is 73.2 Å². The molecule has 1 amide bonds. The smallest absolute Gasteiger partial charge is 0.220 e. The molecule has 92 heavy (non-hydrogen) atoms. The van der Waals surface area contributed by atoms with Crippen molar-refractivity contribution in [3.63, 3.8) is 0 Å². The van der Waals surface area contributed by atoms with E-state index in [4.69, 9.17) is 28.4 Å². The molecule has 17 atom stereocenters. The Bertz CT molecular complexity index is 1900. The van der Waals surface area contributed by atoms with Crippen LogP contribution in [0.25, 0.3) is 0 Å². The lowest BCUT2D eigenvalue weighted by molar-refractivity contribution is -0.379. The zero-order valence-electron chi connectivity index (χ0n) is 56.8. The fourth-order valence-corrected chi connectivity index (χ4v) is 12.1. The molecular formula is C73H131NO18. The Morgan fingerprint density at radius 2 is 0.728 bits per heavy atom. The van der Waals surface area contributed by atoms with Crippen molar-refractivity contribution >= 4 is 5.91 Å². The molecule has 0 saturated carbocycles. The van der Waals surface area contributed by atoms with Crippen LogP contribution >= 0.6 is 0 Å². The van der Waals surface area contributed by atoms with Crippen LogP contribution in [0.5, 0.6) is 0 Å². The van der Waals surface area contributed by atoms with E-state index in [9.17, 15) is 61.0 Å². The Hall–Kier alpha value is -2.51. The van der Waals surface area contributed by atoms with Crippen LogP contribution in [0, 0.1) is 0 Å². The van der Waals surface area contributed by atoms with Crippen molar-refractivity contribution in [2.24, 2.45) is 0 Å². The molecule has 0 spiro atoms. The van der Waals surface area contributed by atoms with Gasteiger partial charge in [0, 0.05) is 6.42 Å². The molecule has 0 aromatic heterocycles. The topological polar surface area (TPSA) is 307 Å². The van der Waals surface area contributed by atoms with E-state index >= 15 is 0 Å². The van der Waals surface area contributed by atoms with Crippen LogP contribution in [0.3, 0.4) is 0 Å². The Kier molecular flexibility index (Phi) is 49.6. The highest BCUT2D eigenvalue weighted by molar-refractivity contribution is 5.76. The predicted octanol–water partition coefficient (Wildman–Crippen LogP) is 10.3. The summed E-state index contributed by atoms with van der Waals surface area (Å²) in [7, 11) is 0. The lowest BCUT2D eigenvalue weighted by Gasteiger charge is -2.48. The average Bonchev–Trinajstić information content (AvgIpc) is 0.837. The molecule has 3 fully saturated rings. The number of aliphatic hydroxyl groups is 11. The monoisotopic (exact) mass is 1310 g/mol. The van der Waals surface area contributed by atoms with E-state index in [0.29, 0.717) is 12.8 Å². The van der Waals surface area contributed by atoms with Gasteiger partial charge in [-0.3, -0.25) is 4.79 Å². The van der Waals surface area contributed by atoms with Gasteiger partial charge in [-0.05, 0) is 70.6 Å². The quantitative estimate of drug-likeness (QED) is 0.0199. The van der Waals surface area contributed by atoms with Gasteiger partial charge < -0.3 is 89.9 Å². The van der Waals surface area contributed by atoms with Crippen molar-refractivity contribution < 1.29 is 89.4 Å². The van der Waals surface area contributed by atoms with Crippen molar-refractivity contribution in [3.05, 3.63) is 60.8 Å². The van der Waals surface area contributed by atoms with E-state index in [1.54, 1.807) is 6.08 Å². The van der Waals surface area contributed by atoms with Crippen molar-refractivity contribution in [1.82, 2.24) is 5.32 Å². The number of amides is 1. The molecule has 0 radical (unpaired) electrons. The van der Waals surface area contributed by atoms with Gasteiger partial charge >= 0.3 is 0 Å². The lowest BCUT2D eigenvalue weighted by Crippen LogP contribution is -2.66. The van der Waals surface area contributed by atoms with E-state index in [1.165, 1.54) is 167 Å². The molecule has 17 unspecified atom stereocenters. The maximum Gasteiger partial charge on any atom is 0.220 e. The zero-order chi connectivity index (χ0) is 66.8. The first-order valence-electron chi connectivity index (χ1n) is 36.5. The van der Waals surface area contributed by atoms with Gasteiger partial charge in [0.15, 0.2) is 18.9 Å². The second kappa shape index (κ2) is 54.5. The highest BCUT2D eigenvalue weighted by Crippen LogP contribution is 2.33. The van der Waals surface area contributed by atoms with Gasteiger partial charge in [-0.25, -0.2) is 0 Å². The van der Waals surface area contributed by atoms with Crippen LogP contribution in [-0.4, -0.2) is 193 Å². The normalized spacial score (nSPS) is 28.0. The summed E-state index contributed by atoms with van der Waals surface area (Å²) < 4.78 is 34.4. The second-order valence-electron chi connectivity index (χ2n) is 26.0. The Morgan fingerprint density at radius 3 is 1.16 bits per heavy atom. The third-order valence-corrected chi connectivity index (χ3v) is 18.0. The fourth-order valence-electron chi connectivity index (χ4n) is 12.1. The summed E-state index contributed by atoms with van der Waals surface area (Å²) in [5.41, 5.74) is 0. The molecule has 0 aliphatic carbocycles. The summed E-state index contributed by atoms with van der Waals surface area (Å²) in [6.45, 7) is 1.72. The van der Waals surface area contributed by atoms with Gasteiger partial charge in [-0.1, -0.05) is 248 Å². The number of hydrogen-bond donors (Lipinski definition) is 12. The van der Waals surface area contributed by atoms with Crippen LogP contribution < -0.4 is 5.32 Å². The molecule has 3 aliphatic rings. The van der Waals surface area contributed by atoms with Crippen LogP contribution in [-0.2, 0) is 33.2 Å². The third-order valence-electron chi connectivity index (χ3n) is 18.0. The van der Waals surface area contributed by atoms with Crippen molar-refractivity contribution in [2.45, 2.75) is 369 Å². The summed E-state index contributed by atoms with van der Waals surface area (Å²) in [6.07, 6.45) is 40.5. The third kappa shape index (κ3) is 35.7. The maximum absolute atomic E-state index is 13.4. The van der Waals surface area contributed by atoms with Gasteiger partial charge in [0.05, 0.1) is 38.6 Å². The first-order chi connectivity index (χ1) is 44.8. The summed E-state index contributed by atoms with van der Waals surface area (Å²) in [4.78, 5) is 13.4. The molecule has 3 aliphatic heterocycles. The van der Waals surface area contributed by atoms with E-state index in [2.05, 4.69) is 67.8 Å².